The number of aliphatic imine (C=N–C) groups is 2. The summed E-state index contributed by atoms with van der Waals surface area (Å²) in [4.78, 5) is 58.2. The minimum atomic E-state index is -0.989. The van der Waals surface area contributed by atoms with Crippen molar-refractivity contribution in [1.82, 2.24) is 15.5 Å². The summed E-state index contributed by atoms with van der Waals surface area (Å²) in [6.07, 6.45) is -0.897. The minimum absolute atomic E-state index is 0.0355. The third-order valence-corrected chi connectivity index (χ3v) is 5.54. The van der Waals surface area contributed by atoms with Crippen molar-refractivity contribution in [1.29, 1.82) is 0 Å². The van der Waals surface area contributed by atoms with Crippen LogP contribution in [0.5, 0.6) is 0 Å². The maximum Gasteiger partial charge on any atom is 0.408 e. The van der Waals surface area contributed by atoms with Crippen LogP contribution in [-0.2, 0) is 39.9 Å². The fourth-order valence-corrected chi connectivity index (χ4v) is 3.52. The first-order valence-electron chi connectivity index (χ1n) is 12.0. The highest BCUT2D eigenvalue weighted by atomic mass is 16.6. The summed E-state index contributed by atoms with van der Waals surface area (Å²) < 4.78 is 21.4. The third kappa shape index (κ3) is 8.16. The van der Waals surface area contributed by atoms with Crippen molar-refractivity contribution in [2.75, 3.05) is 19.9 Å². The molecule has 14 heteroatoms. The summed E-state index contributed by atoms with van der Waals surface area (Å²) in [5.41, 5.74) is 6.44. The normalized spacial score (nSPS) is 19.6. The molecular weight excluding hydrogens is 500 g/mol. The molecule has 0 radical (unpaired) electrons. The lowest BCUT2D eigenvalue weighted by atomic mass is 10.1. The molecule has 0 spiro atoms. The van der Waals surface area contributed by atoms with Crippen LogP contribution in [0.3, 0.4) is 0 Å². The number of carbonyl (C=O) groups is 4. The van der Waals surface area contributed by atoms with E-state index >= 15 is 0 Å². The predicted octanol–water partition coefficient (Wildman–Crippen LogP) is -0.130. The lowest BCUT2D eigenvalue weighted by molar-refractivity contribution is -0.158. The molecule has 4 atom stereocenters. The number of nitrogens with zero attached hydrogens (tertiary/aromatic N) is 3. The number of fused-ring (bicyclic) bond motifs is 1. The van der Waals surface area contributed by atoms with Crippen LogP contribution >= 0.6 is 0 Å². The van der Waals surface area contributed by atoms with E-state index in [4.69, 9.17) is 24.7 Å². The van der Waals surface area contributed by atoms with Gasteiger partial charge >= 0.3 is 18.0 Å². The highest BCUT2D eigenvalue weighted by Gasteiger charge is 2.39. The summed E-state index contributed by atoms with van der Waals surface area (Å²) in [6.45, 7) is 4.18. The van der Waals surface area contributed by atoms with Gasteiger partial charge in [0.25, 0.3) is 5.91 Å². The van der Waals surface area contributed by atoms with Crippen LogP contribution in [0.1, 0.15) is 26.3 Å². The van der Waals surface area contributed by atoms with Crippen molar-refractivity contribution in [3.8, 4) is 0 Å². The fraction of sp³-hybridized carbons (Fsp3) is 0.500. The van der Waals surface area contributed by atoms with Gasteiger partial charge in [-0.1, -0.05) is 44.2 Å². The zero-order chi connectivity index (χ0) is 27.7. The molecule has 4 N–H and O–H groups in total. The van der Waals surface area contributed by atoms with Gasteiger partial charge in [-0.15, -0.1) is 0 Å². The van der Waals surface area contributed by atoms with E-state index in [2.05, 4.69) is 20.6 Å². The monoisotopic (exact) mass is 532 g/mol. The number of nitrogens with one attached hydrogen (secondary N) is 2. The highest BCUT2D eigenvalue weighted by Crippen LogP contribution is 2.18. The molecule has 2 heterocycles. The number of rotatable bonds is 12. The molecule has 206 valence electrons. The van der Waals surface area contributed by atoms with Crippen molar-refractivity contribution in [2.24, 2.45) is 21.6 Å². The summed E-state index contributed by atoms with van der Waals surface area (Å²) in [5, 5.41) is 4.93. The van der Waals surface area contributed by atoms with E-state index in [0.717, 1.165) is 5.56 Å². The Morgan fingerprint density at radius 1 is 1.13 bits per heavy atom. The third-order valence-electron chi connectivity index (χ3n) is 5.54. The van der Waals surface area contributed by atoms with Crippen LogP contribution in [0, 0.1) is 5.92 Å². The standard InChI is InChI=1S/C24H32N6O8/c1-14(2)18(27-24(34)37-9-16-7-5-4-6-8-16)22(33)36-11-17(10-35-15(3)31)38-13-30-12-26-19-20(30)28-23(25)29-21(19)32/h4-8,12,14,17-20H,9-11,13H2,1-3H3,(H,27,34)(H3,25,28,29,32)/t17?,18-,19?,20?/m0/s1. The van der Waals surface area contributed by atoms with E-state index in [1.807, 2.05) is 30.3 Å². The number of hydrogen-bond acceptors (Lipinski definition) is 12. The van der Waals surface area contributed by atoms with Gasteiger partial charge in [-0.25, -0.2) is 14.6 Å². The number of nitrogens with two attached hydrogens (primary N) is 1. The maximum atomic E-state index is 12.8. The number of carbonyl (C=O) groups excluding carboxylic acids is 4. The first kappa shape index (κ1) is 28.4. The van der Waals surface area contributed by atoms with E-state index < -0.39 is 42.4 Å². The maximum absolute atomic E-state index is 12.8. The molecule has 0 aromatic heterocycles. The predicted molar refractivity (Wildman–Crippen MR) is 133 cm³/mol. The molecule has 38 heavy (non-hydrogen) atoms. The molecule has 1 aromatic carbocycles. The van der Waals surface area contributed by atoms with Crippen molar-refractivity contribution in [3.63, 3.8) is 0 Å². The molecule has 0 saturated heterocycles. The van der Waals surface area contributed by atoms with Crippen LogP contribution in [0.25, 0.3) is 0 Å². The molecule has 0 bridgehead atoms. The van der Waals surface area contributed by atoms with Crippen molar-refractivity contribution in [3.05, 3.63) is 35.9 Å². The fourth-order valence-electron chi connectivity index (χ4n) is 3.52. The molecule has 14 nitrogen and oxygen atoms in total. The van der Waals surface area contributed by atoms with Gasteiger partial charge in [0.1, 0.15) is 38.7 Å². The molecule has 3 unspecified atom stereocenters. The summed E-state index contributed by atoms with van der Waals surface area (Å²) in [5.74, 6) is -1.99. The van der Waals surface area contributed by atoms with Crippen LogP contribution < -0.4 is 16.4 Å². The first-order chi connectivity index (χ1) is 18.1. The van der Waals surface area contributed by atoms with Gasteiger partial charge in [0, 0.05) is 6.92 Å². The number of hydrogen-bond donors (Lipinski definition) is 3. The Morgan fingerprint density at radius 3 is 2.53 bits per heavy atom. The SMILES string of the molecule is CC(=O)OCC(COC(=O)[C@@H](NC(=O)OCc1ccccc1)C(C)C)OCN1C=NC2C(=O)NC(N)=NC21. The van der Waals surface area contributed by atoms with Gasteiger partial charge in [-0.2, -0.15) is 0 Å². The van der Waals surface area contributed by atoms with E-state index in [1.54, 1.807) is 18.7 Å². The van der Waals surface area contributed by atoms with Crippen LogP contribution in [0.4, 0.5) is 4.79 Å². The average molecular weight is 533 g/mol. The Hall–Kier alpha value is -4.20. The lowest BCUT2D eigenvalue weighted by Crippen LogP contribution is -2.54. The Morgan fingerprint density at radius 2 is 1.84 bits per heavy atom. The second-order valence-corrected chi connectivity index (χ2v) is 8.92. The summed E-state index contributed by atoms with van der Waals surface area (Å²) in [7, 11) is 0. The average Bonchev–Trinajstić information content (AvgIpc) is 3.28. The van der Waals surface area contributed by atoms with Crippen LogP contribution in [0.2, 0.25) is 0 Å². The van der Waals surface area contributed by atoms with E-state index in [1.165, 1.54) is 13.3 Å². The zero-order valence-corrected chi connectivity index (χ0v) is 21.4. The van der Waals surface area contributed by atoms with E-state index in [0.29, 0.717) is 0 Å². The molecule has 0 saturated carbocycles. The molecule has 2 aliphatic heterocycles. The van der Waals surface area contributed by atoms with Crippen LogP contribution in [-0.4, -0.2) is 85.4 Å². The summed E-state index contributed by atoms with van der Waals surface area (Å²) in [6, 6.07) is 7.35. The summed E-state index contributed by atoms with van der Waals surface area (Å²) >= 11 is 0. The number of amides is 2. The Labute approximate surface area is 219 Å². The molecule has 2 amide bonds. The van der Waals surface area contributed by atoms with Crippen LogP contribution in [0.15, 0.2) is 40.3 Å². The Bertz CT molecular complexity index is 1060. The smallest absolute Gasteiger partial charge is 0.408 e. The molecule has 3 rings (SSSR count). The van der Waals surface area contributed by atoms with Gasteiger partial charge in [-0.3, -0.25) is 19.9 Å². The largest absolute Gasteiger partial charge is 0.463 e. The second-order valence-electron chi connectivity index (χ2n) is 8.92. The Balaban J connectivity index is 1.53. The van der Waals surface area contributed by atoms with E-state index in [9.17, 15) is 19.2 Å². The first-order valence-corrected chi connectivity index (χ1v) is 12.0. The molecular formula is C24H32N6O8. The highest BCUT2D eigenvalue weighted by molar-refractivity contribution is 6.02. The van der Waals surface area contributed by atoms with Gasteiger partial charge in [-0.05, 0) is 11.5 Å². The minimum Gasteiger partial charge on any atom is -0.463 e. The zero-order valence-electron chi connectivity index (χ0n) is 21.4. The number of guanidine groups is 1. The quantitative estimate of drug-likeness (QED) is 0.242. The molecule has 1 aromatic rings. The number of ether oxygens (including phenoxy) is 4. The number of benzene rings is 1. The number of esters is 2. The Kier molecular flexibility index (Phi) is 9.99. The number of alkyl carbamates (subject to hydrolysis) is 1. The topological polar surface area (TPSA) is 183 Å². The van der Waals surface area contributed by atoms with E-state index in [-0.39, 0.29) is 44.3 Å². The van der Waals surface area contributed by atoms with Gasteiger partial charge in [0.15, 0.2) is 18.2 Å². The molecule has 0 fully saturated rings. The molecule has 0 aliphatic carbocycles. The van der Waals surface area contributed by atoms with Gasteiger partial charge in [0.2, 0.25) is 0 Å². The van der Waals surface area contributed by atoms with Gasteiger partial charge in [0.05, 0.1) is 6.34 Å². The second kappa shape index (κ2) is 13.4. The van der Waals surface area contributed by atoms with Crippen molar-refractivity contribution in [2.45, 2.75) is 51.7 Å². The lowest BCUT2D eigenvalue weighted by Gasteiger charge is -2.29. The van der Waals surface area contributed by atoms with Crippen molar-refractivity contribution >= 4 is 36.2 Å². The molecule has 2 aliphatic rings. The van der Waals surface area contributed by atoms with Crippen molar-refractivity contribution < 1.29 is 38.1 Å². The van der Waals surface area contributed by atoms with Gasteiger partial charge < -0.3 is 34.9 Å².